The Kier molecular flexibility index (Phi) is 15.4. The number of amides is 1. The molecule has 0 atom stereocenters. The van der Waals surface area contributed by atoms with Gasteiger partial charge in [0, 0.05) is 49.7 Å². The standard InChI is InChI=1S/C34H50N4O5S3/c1-34(2,3)42-33(39)38(24-26-45)22-21-37(23-25-44)20-12-7-5-4-6-11-15-30-31(27-16-18-29(19-17-27)46(35,40)41)32(36-43-30)28-13-9-8-10-14-28/h8-10,13-14,16-19,44-45H,4-7,11-12,15,20-26H2,1-3H3,(H2,35,40,41). The summed E-state index contributed by atoms with van der Waals surface area (Å²) >= 11 is 8.76. The number of nitrogens with zero attached hydrogens (tertiary/aromatic N) is 3. The van der Waals surface area contributed by atoms with Gasteiger partial charge in [-0.15, -0.1) is 0 Å². The van der Waals surface area contributed by atoms with Crippen LogP contribution in [0.4, 0.5) is 4.79 Å². The zero-order chi connectivity index (χ0) is 33.6. The molecule has 2 N–H and O–H groups in total. The fraction of sp³-hybridized carbons (Fsp3) is 0.529. The second kappa shape index (κ2) is 18.7. The summed E-state index contributed by atoms with van der Waals surface area (Å²) in [5.41, 5.74) is 2.88. The lowest BCUT2D eigenvalue weighted by molar-refractivity contribution is 0.0245. The summed E-state index contributed by atoms with van der Waals surface area (Å²) in [6.45, 7) is 9.43. The second-order valence-electron chi connectivity index (χ2n) is 12.4. The van der Waals surface area contributed by atoms with Gasteiger partial charge in [-0.3, -0.25) is 0 Å². The predicted octanol–water partition coefficient (Wildman–Crippen LogP) is 6.94. The van der Waals surface area contributed by atoms with Crippen LogP contribution < -0.4 is 5.14 Å². The zero-order valence-corrected chi connectivity index (χ0v) is 30.0. The Bertz CT molecular complexity index is 1440. The number of benzene rings is 2. The van der Waals surface area contributed by atoms with Crippen LogP contribution in [0.5, 0.6) is 0 Å². The number of carbonyl (C=O) groups excluding carboxylic acids is 1. The Morgan fingerprint density at radius 1 is 0.826 bits per heavy atom. The highest BCUT2D eigenvalue weighted by Gasteiger charge is 2.22. The topological polar surface area (TPSA) is 119 Å². The largest absolute Gasteiger partial charge is 0.444 e. The average molecular weight is 691 g/mol. The van der Waals surface area contributed by atoms with Crippen molar-refractivity contribution in [3.05, 3.63) is 60.4 Å². The molecule has 3 rings (SSSR count). The van der Waals surface area contributed by atoms with Crippen LogP contribution in [0.3, 0.4) is 0 Å². The first-order chi connectivity index (χ1) is 21.9. The molecule has 12 heteroatoms. The van der Waals surface area contributed by atoms with Gasteiger partial charge in [0.25, 0.3) is 0 Å². The van der Waals surface area contributed by atoms with Gasteiger partial charge >= 0.3 is 6.09 Å². The van der Waals surface area contributed by atoms with E-state index in [0.29, 0.717) is 18.8 Å². The minimum absolute atomic E-state index is 0.0699. The Morgan fingerprint density at radius 3 is 2.07 bits per heavy atom. The smallest absolute Gasteiger partial charge is 0.410 e. The lowest BCUT2D eigenvalue weighted by Crippen LogP contribution is -2.43. The second-order valence-corrected chi connectivity index (χ2v) is 14.8. The molecule has 0 unspecified atom stereocenters. The molecule has 254 valence electrons. The first-order valence-electron chi connectivity index (χ1n) is 16.0. The molecule has 0 aliphatic rings. The number of unbranched alkanes of at least 4 members (excludes halogenated alkanes) is 5. The number of aromatic nitrogens is 1. The van der Waals surface area contributed by atoms with Gasteiger partial charge in [0.2, 0.25) is 10.0 Å². The van der Waals surface area contributed by atoms with Crippen molar-refractivity contribution in [3.8, 4) is 22.4 Å². The molecule has 1 heterocycles. The average Bonchev–Trinajstić information content (AvgIpc) is 3.43. The minimum Gasteiger partial charge on any atom is -0.444 e. The van der Waals surface area contributed by atoms with Gasteiger partial charge in [-0.05, 0) is 57.9 Å². The van der Waals surface area contributed by atoms with Crippen LogP contribution in [0.1, 0.15) is 65.1 Å². The van der Waals surface area contributed by atoms with Crippen molar-refractivity contribution in [2.45, 2.75) is 76.2 Å². The molecule has 9 nitrogen and oxygen atoms in total. The van der Waals surface area contributed by atoms with Crippen LogP contribution in [-0.4, -0.2) is 79.3 Å². The van der Waals surface area contributed by atoms with E-state index >= 15 is 0 Å². The molecule has 1 amide bonds. The molecule has 0 radical (unpaired) electrons. The zero-order valence-electron chi connectivity index (χ0n) is 27.4. The number of hydrogen-bond donors (Lipinski definition) is 3. The van der Waals surface area contributed by atoms with E-state index in [9.17, 15) is 13.2 Å². The number of carbonyl (C=O) groups is 1. The van der Waals surface area contributed by atoms with Crippen LogP contribution in [0.15, 0.2) is 64.0 Å². The molecule has 0 fully saturated rings. The Morgan fingerprint density at radius 2 is 1.46 bits per heavy atom. The van der Waals surface area contributed by atoms with Crippen LogP contribution >= 0.6 is 25.3 Å². The summed E-state index contributed by atoms with van der Waals surface area (Å²) in [6, 6.07) is 16.4. The van der Waals surface area contributed by atoms with E-state index in [1.807, 2.05) is 51.1 Å². The first-order valence-corrected chi connectivity index (χ1v) is 18.8. The van der Waals surface area contributed by atoms with Gasteiger partial charge in [0.15, 0.2) is 0 Å². The summed E-state index contributed by atoms with van der Waals surface area (Å²) in [4.78, 5) is 16.8. The molecular weight excluding hydrogens is 641 g/mol. The SMILES string of the molecule is CC(C)(C)OC(=O)N(CCS)CCN(CCS)CCCCCCCCc1onc(-c2ccccc2)c1-c1ccc(S(N)(=O)=O)cc1. The maximum Gasteiger partial charge on any atom is 0.410 e. The van der Waals surface area contributed by atoms with E-state index in [4.69, 9.17) is 14.4 Å². The number of thiol groups is 2. The maximum absolute atomic E-state index is 12.6. The monoisotopic (exact) mass is 690 g/mol. The quantitative estimate of drug-likeness (QED) is 0.0922. The number of nitrogens with two attached hydrogens (primary N) is 1. The Labute approximate surface area is 286 Å². The molecule has 3 aromatic rings. The molecule has 0 saturated carbocycles. The minimum atomic E-state index is -3.78. The van der Waals surface area contributed by atoms with Crippen molar-refractivity contribution >= 4 is 41.4 Å². The predicted molar refractivity (Wildman–Crippen MR) is 192 cm³/mol. The number of ether oxygens (including phenoxy) is 1. The Hall–Kier alpha value is -2.51. The number of hydrogen-bond acceptors (Lipinski definition) is 9. The number of aryl methyl sites for hydroxylation is 1. The highest BCUT2D eigenvalue weighted by atomic mass is 32.2. The fourth-order valence-corrected chi connectivity index (χ4v) is 6.25. The summed E-state index contributed by atoms with van der Waals surface area (Å²) in [5.74, 6) is 2.15. The van der Waals surface area contributed by atoms with Crippen molar-refractivity contribution in [2.75, 3.05) is 44.2 Å². The third-order valence-corrected chi connectivity index (χ3v) is 8.86. The molecule has 0 aliphatic heterocycles. The van der Waals surface area contributed by atoms with E-state index in [-0.39, 0.29) is 11.0 Å². The fourth-order valence-electron chi connectivity index (χ4n) is 5.21. The molecule has 2 aromatic carbocycles. The van der Waals surface area contributed by atoms with Crippen LogP contribution in [-0.2, 0) is 21.2 Å². The van der Waals surface area contributed by atoms with Gasteiger partial charge in [-0.1, -0.05) is 73.3 Å². The molecule has 0 saturated heterocycles. The molecule has 0 bridgehead atoms. The molecular formula is C34H50N4O5S3. The molecule has 0 spiro atoms. The highest BCUT2D eigenvalue weighted by molar-refractivity contribution is 7.89. The lowest BCUT2D eigenvalue weighted by atomic mass is 9.97. The Balaban J connectivity index is 1.48. The molecule has 0 aliphatic carbocycles. The summed E-state index contributed by atoms with van der Waals surface area (Å²) in [7, 11) is -3.78. The van der Waals surface area contributed by atoms with Crippen molar-refractivity contribution < 1.29 is 22.5 Å². The summed E-state index contributed by atoms with van der Waals surface area (Å²) < 4.78 is 35.0. The third kappa shape index (κ3) is 12.6. The van der Waals surface area contributed by atoms with Gasteiger partial charge < -0.3 is 19.1 Å². The first kappa shape index (κ1) is 37.9. The summed E-state index contributed by atoms with van der Waals surface area (Å²) in [5, 5.41) is 9.71. The number of sulfonamides is 1. The normalized spacial score (nSPS) is 12.1. The molecule has 1 aromatic heterocycles. The van der Waals surface area contributed by atoms with Gasteiger partial charge in [-0.2, -0.15) is 25.3 Å². The lowest BCUT2D eigenvalue weighted by Gasteiger charge is -2.29. The third-order valence-electron chi connectivity index (χ3n) is 7.53. The van der Waals surface area contributed by atoms with Crippen molar-refractivity contribution in [1.29, 1.82) is 0 Å². The van der Waals surface area contributed by atoms with Gasteiger partial charge in [-0.25, -0.2) is 18.4 Å². The number of rotatable bonds is 19. The van der Waals surface area contributed by atoms with Gasteiger partial charge in [0.05, 0.1) is 10.5 Å². The van der Waals surface area contributed by atoms with Crippen LogP contribution in [0.25, 0.3) is 22.4 Å². The van der Waals surface area contributed by atoms with Crippen molar-refractivity contribution in [1.82, 2.24) is 15.0 Å². The van der Waals surface area contributed by atoms with Crippen LogP contribution in [0.2, 0.25) is 0 Å². The number of primary sulfonamides is 1. The van der Waals surface area contributed by atoms with E-state index in [1.54, 1.807) is 17.0 Å². The van der Waals surface area contributed by atoms with E-state index < -0.39 is 15.6 Å². The van der Waals surface area contributed by atoms with E-state index in [0.717, 1.165) is 98.5 Å². The maximum atomic E-state index is 12.6. The van der Waals surface area contributed by atoms with Gasteiger partial charge in [0.1, 0.15) is 17.1 Å². The highest BCUT2D eigenvalue weighted by Crippen LogP contribution is 2.36. The van der Waals surface area contributed by atoms with Crippen molar-refractivity contribution in [3.63, 3.8) is 0 Å². The van der Waals surface area contributed by atoms with Crippen molar-refractivity contribution in [2.24, 2.45) is 5.14 Å². The van der Waals surface area contributed by atoms with E-state index in [2.05, 4.69) is 35.3 Å². The molecule has 46 heavy (non-hydrogen) atoms. The van der Waals surface area contributed by atoms with E-state index in [1.165, 1.54) is 12.1 Å². The summed E-state index contributed by atoms with van der Waals surface area (Å²) in [6.07, 6.45) is 6.98. The van der Waals surface area contributed by atoms with Crippen LogP contribution in [0, 0.1) is 0 Å².